The van der Waals surface area contributed by atoms with Gasteiger partial charge in [-0.25, -0.2) is 4.98 Å². The minimum absolute atomic E-state index is 0.0553. The van der Waals surface area contributed by atoms with E-state index < -0.39 is 0 Å². The lowest BCUT2D eigenvalue weighted by molar-refractivity contribution is 0.316. The number of hydrogen-bond acceptors (Lipinski definition) is 4. The van der Waals surface area contributed by atoms with E-state index in [1.54, 1.807) is 28.8 Å². The quantitative estimate of drug-likeness (QED) is 0.730. The van der Waals surface area contributed by atoms with E-state index in [1.807, 2.05) is 0 Å². The molecule has 0 amide bonds. The van der Waals surface area contributed by atoms with Crippen LogP contribution in [-0.2, 0) is 13.6 Å². The third kappa shape index (κ3) is 3.09. The number of aromatic nitrogens is 4. The monoisotopic (exact) mass is 337 g/mol. The maximum absolute atomic E-state index is 12.5. The number of hydrogen-bond donors (Lipinski definition) is 0. The molecule has 0 aliphatic carbocycles. The van der Waals surface area contributed by atoms with Crippen molar-refractivity contribution < 1.29 is 0 Å². The lowest BCUT2D eigenvalue weighted by atomic mass is 9.94. The number of aryl methyl sites for hydroxylation is 2. The second kappa shape index (κ2) is 6.44. The summed E-state index contributed by atoms with van der Waals surface area (Å²) in [5, 5.41) is 4.22. The zero-order valence-electron chi connectivity index (χ0n) is 14.7. The summed E-state index contributed by atoms with van der Waals surface area (Å²) in [6.07, 6.45) is 4.59. The molecule has 3 heterocycles. The summed E-state index contributed by atoms with van der Waals surface area (Å²) in [7, 11) is 1.81. The first-order valence-corrected chi connectivity index (χ1v) is 8.78. The van der Waals surface area contributed by atoms with Gasteiger partial charge in [0.15, 0.2) is 5.52 Å². The van der Waals surface area contributed by atoms with E-state index in [2.05, 4.69) is 46.2 Å². The summed E-state index contributed by atoms with van der Waals surface area (Å²) in [6.45, 7) is 5.83. The number of fused-ring (bicyclic) bond motifs is 1. The number of likely N-dealkylation sites (tertiary alicyclic amines) is 1. The van der Waals surface area contributed by atoms with Crippen molar-refractivity contribution in [3.05, 3.63) is 58.3 Å². The number of rotatable bonds is 4. The van der Waals surface area contributed by atoms with Crippen molar-refractivity contribution in [2.24, 2.45) is 7.05 Å². The normalized spacial score (nSPS) is 18.2. The van der Waals surface area contributed by atoms with Crippen LogP contribution in [-0.4, -0.2) is 43.9 Å². The SMILES string of the molecule is Cc1ccccc1C1CCN(CCn2cnc3cn(C)nc3c2=O)C1. The molecule has 25 heavy (non-hydrogen) atoms. The molecule has 3 aromatic rings. The Kier molecular flexibility index (Phi) is 4.13. The molecule has 1 aliphatic heterocycles. The fraction of sp³-hybridized carbons (Fsp3) is 0.421. The minimum Gasteiger partial charge on any atom is -0.301 e. The molecule has 1 aliphatic rings. The molecule has 6 nitrogen and oxygen atoms in total. The predicted molar refractivity (Wildman–Crippen MR) is 97.7 cm³/mol. The third-order valence-electron chi connectivity index (χ3n) is 5.17. The van der Waals surface area contributed by atoms with Crippen LogP contribution in [0, 0.1) is 6.92 Å². The topological polar surface area (TPSA) is 56.0 Å². The van der Waals surface area contributed by atoms with Gasteiger partial charge >= 0.3 is 0 Å². The minimum atomic E-state index is -0.0553. The molecule has 130 valence electrons. The van der Waals surface area contributed by atoms with Gasteiger partial charge in [0.2, 0.25) is 0 Å². The van der Waals surface area contributed by atoms with E-state index in [1.165, 1.54) is 17.5 Å². The molecule has 2 aromatic heterocycles. The first-order valence-electron chi connectivity index (χ1n) is 8.78. The second-order valence-electron chi connectivity index (χ2n) is 6.92. The first kappa shape index (κ1) is 16.0. The van der Waals surface area contributed by atoms with Crippen molar-refractivity contribution in [1.29, 1.82) is 0 Å². The van der Waals surface area contributed by atoms with Gasteiger partial charge < -0.3 is 4.90 Å². The predicted octanol–water partition coefficient (Wildman–Crippen LogP) is 1.93. The van der Waals surface area contributed by atoms with Crippen LogP contribution in [0.3, 0.4) is 0 Å². The Hall–Kier alpha value is -2.47. The zero-order chi connectivity index (χ0) is 17.4. The summed E-state index contributed by atoms with van der Waals surface area (Å²) < 4.78 is 3.31. The number of benzene rings is 1. The van der Waals surface area contributed by atoms with Gasteiger partial charge in [-0.1, -0.05) is 24.3 Å². The van der Waals surface area contributed by atoms with Gasteiger partial charge in [-0.3, -0.25) is 14.0 Å². The molecular formula is C19H23N5O. The zero-order valence-corrected chi connectivity index (χ0v) is 14.7. The third-order valence-corrected chi connectivity index (χ3v) is 5.17. The van der Waals surface area contributed by atoms with Crippen LogP contribution >= 0.6 is 0 Å². The van der Waals surface area contributed by atoms with Crippen LogP contribution in [0.25, 0.3) is 11.0 Å². The van der Waals surface area contributed by atoms with Gasteiger partial charge in [0.05, 0.1) is 12.5 Å². The van der Waals surface area contributed by atoms with Crippen LogP contribution in [0.2, 0.25) is 0 Å². The Morgan fingerprint density at radius 1 is 1.24 bits per heavy atom. The van der Waals surface area contributed by atoms with Crippen molar-refractivity contribution in [2.75, 3.05) is 19.6 Å². The van der Waals surface area contributed by atoms with Gasteiger partial charge in [-0.2, -0.15) is 5.10 Å². The molecule has 1 unspecified atom stereocenters. The molecule has 0 bridgehead atoms. The average Bonchev–Trinajstić information content (AvgIpc) is 3.21. The van der Waals surface area contributed by atoms with Gasteiger partial charge in [-0.05, 0) is 36.9 Å². The summed E-state index contributed by atoms with van der Waals surface area (Å²) in [6, 6.07) is 8.65. The van der Waals surface area contributed by atoms with Crippen LogP contribution in [0.1, 0.15) is 23.5 Å². The summed E-state index contributed by atoms with van der Waals surface area (Å²) >= 11 is 0. The highest BCUT2D eigenvalue weighted by molar-refractivity contribution is 5.71. The molecule has 6 heteroatoms. The van der Waals surface area contributed by atoms with E-state index in [0.29, 0.717) is 23.5 Å². The molecule has 1 aromatic carbocycles. The molecule has 0 N–H and O–H groups in total. The Balaban J connectivity index is 1.43. The van der Waals surface area contributed by atoms with Crippen molar-refractivity contribution in [3.8, 4) is 0 Å². The first-order chi connectivity index (χ1) is 12.1. The smallest absolute Gasteiger partial charge is 0.281 e. The van der Waals surface area contributed by atoms with E-state index >= 15 is 0 Å². The van der Waals surface area contributed by atoms with Crippen LogP contribution in [0.15, 0.2) is 41.6 Å². The highest BCUT2D eigenvalue weighted by Gasteiger charge is 2.24. The Labute approximate surface area is 146 Å². The summed E-state index contributed by atoms with van der Waals surface area (Å²) in [4.78, 5) is 19.3. The van der Waals surface area contributed by atoms with Crippen molar-refractivity contribution in [3.63, 3.8) is 0 Å². The fourth-order valence-electron chi connectivity index (χ4n) is 3.79. The average molecular weight is 337 g/mol. The molecule has 0 radical (unpaired) electrons. The van der Waals surface area contributed by atoms with Crippen LogP contribution in [0.4, 0.5) is 0 Å². The van der Waals surface area contributed by atoms with Gasteiger partial charge in [0.1, 0.15) is 5.52 Å². The van der Waals surface area contributed by atoms with Crippen molar-refractivity contribution in [2.45, 2.75) is 25.8 Å². The lowest BCUT2D eigenvalue weighted by Crippen LogP contribution is -2.30. The maximum atomic E-state index is 12.5. The van der Waals surface area contributed by atoms with E-state index in [4.69, 9.17) is 0 Å². The Morgan fingerprint density at radius 2 is 2.08 bits per heavy atom. The molecule has 4 rings (SSSR count). The summed E-state index contributed by atoms with van der Waals surface area (Å²) in [5.41, 5.74) is 3.88. The lowest BCUT2D eigenvalue weighted by Gasteiger charge is -2.17. The maximum Gasteiger partial charge on any atom is 0.281 e. The molecular weight excluding hydrogens is 314 g/mol. The molecule has 0 saturated carbocycles. The van der Waals surface area contributed by atoms with Crippen molar-refractivity contribution in [1.82, 2.24) is 24.2 Å². The summed E-state index contributed by atoms with van der Waals surface area (Å²) in [5.74, 6) is 0.592. The van der Waals surface area contributed by atoms with Gasteiger partial charge in [-0.15, -0.1) is 0 Å². The molecule has 1 atom stereocenters. The standard InChI is InChI=1S/C19H23N5O/c1-14-5-3-4-6-16(14)15-7-8-23(11-15)9-10-24-13-20-17-12-22(2)21-18(17)19(24)25/h3-6,12-13,15H,7-11H2,1-2H3. The van der Waals surface area contributed by atoms with Crippen LogP contribution in [0.5, 0.6) is 0 Å². The molecule has 1 fully saturated rings. The highest BCUT2D eigenvalue weighted by atomic mass is 16.1. The second-order valence-corrected chi connectivity index (χ2v) is 6.92. The van der Waals surface area contributed by atoms with Crippen LogP contribution < -0.4 is 5.56 Å². The number of nitrogens with zero attached hydrogens (tertiary/aromatic N) is 5. The molecule has 0 spiro atoms. The Morgan fingerprint density at radius 3 is 2.92 bits per heavy atom. The largest absolute Gasteiger partial charge is 0.301 e. The van der Waals surface area contributed by atoms with E-state index in [0.717, 1.165) is 19.6 Å². The Bertz CT molecular complexity index is 958. The van der Waals surface area contributed by atoms with Gasteiger partial charge in [0, 0.05) is 26.7 Å². The van der Waals surface area contributed by atoms with E-state index in [-0.39, 0.29) is 5.56 Å². The highest BCUT2D eigenvalue weighted by Crippen LogP contribution is 2.29. The molecule has 1 saturated heterocycles. The van der Waals surface area contributed by atoms with Crippen molar-refractivity contribution >= 4 is 11.0 Å². The van der Waals surface area contributed by atoms with E-state index in [9.17, 15) is 4.79 Å². The van der Waals surface area contributed by atoms with Gasteiger partial charge in [0.25, 0.3) is 5.56 Å². The fourth-order valence-corrected chi connectivity index (χ4v) is 3.79.